The van der Waals surface area contributed by atoms with E-state index in [9.17, 15) is 9.18 Å². The summed E-state index contributed by atoms with van der Waals surface area (Å²) in [5.41, 5.74) is 2.27. The molecule has 0 fully saturated rings. The van der Waals surface area contributed by atoms with E-state index in [1.165, 1.54) is 12.3 Å². The number of anilines is 2. The van der Waals surface area contributed by atoms with Gasteiger partial charge in [-0.05, 0) is 36.2 Å². The maximum Gasteiger partial charge on any atom is 0.257 e. The van der Waals surface area contributed by atoms with Crippen LogP contribution in [0.5, 0.6) is 0 Å². The van der Waals surface area contributed by atoms with Crippen molar-refractivity contribution in [2.45, 2.75) is 6.42 Å². The summed E-state index contributed by atoms with van der Waals surface area (Å²) in [5.74, 6) is -0.524. The lowest BCUT2D eigenvalue weighted by Gasteiger charge is -2.10. The van der Waals surface area contributed by atoms with Crippen molar-refractivity contribution in [2.75, 3.05) is 17.2 Å². The number of hydrogen-bond donors (Lipinski definition) is 2. The van der Waals surface area contributed by atoms with Crippen molar-refractivity contribution >= 4 is 28.9 Å². The van der Waals surface area contributed by atoms with Gasteiger partial charge in [0.2, 0.25) is 0 Å². The average molecular weight is 370 g/mol. The minimum Gasteiger partial charge on any atom is -0.383 e. The van der Waals surface area contributed by atoms with Gasteiger partial charge in [-0.1, -0.05) is 41.9 Å². The van der Waals surface area contributed by atoms with E-state index in [1.807, 2.05) is 0 Å². The van der Waals surface area contributed by atoms with Gasteiger partial charge in [0.15, 0.2) is 0 Å². The van der Waals surface area contributed by atoms with Crippen LogP contribution in [0, 0.1) is 5.82 Å². The number of amides is 1. The van der Waals surface area contributed by atoms with Crippen molar-refractivity contribution < 1.29 is 9.18 Å². The molecule has 0 saturated carbocycles. The molecule has 0 unspecified atom stereocenters. The van der Waals surface area contributed by atoms with E-state index in [-0.39, 0.29) is 11.7 Å². The lowest BCUT2D eigenvalue weighted by molar-refractivity contribution is 0.102. The van der Waals surface area contributed by atoms with E-state index in [0.717, 1.165) is 0 Å². The fraction of sp³-hybridized carbons (Fsp3) is 0.100. The van der Waals surface area contributed by atoms with E-state index in [4.69, 9.17) is 11.6 Å². The number of halogens is 2. The maximum absolute atomic E-state index is 13.6. The molecular weight excluding hydrogens is 353 g/mol. The van der Waals surface area contributed by atoms with Crippen LogP contribution < -0.4 is 10.6 Å². The van der Waals surface area contributed by atoms with Crippen LogP contribution in [0.2, 0.25) is 5.02 Å². The predicted molar refractivity (Wildman–Crippen MR) is 102 cm³/mol. The number of nitrogens with one attached hydrogen (secondary N) is 2. The first kappa shape index (κ1) is 17.9. The van der Waals surface area contributed by atoms with Gasteiger partial charge in [0.1, 0.15) is 5.82 Å². The summed E-state index contributed by atoms with van der Waals surface area (Å²) in [5, 5.41) is 6.38. The third-order valence-electron chi connectivity index (χ3n) is 3.80. The highest BCUT2D eigenvalue weighted by atomic mass is 35.5. The summed E-state index contributed by atoms with van der Waals surface area (Å²) in [6, 6.07) is 15.4. The zero-order valence-corrected chi connectivity index (χ0v) is 14.6. The van der Waals surface area contributed by atoms with Gasteiger partial charge in [0.05, 0.1) is 22.0 Å². The van der Waals surface area contributed by atoms with Gasteiger partial charge in [-0.3, -0.25) is 9.78 Å². The smallest absolute Gasteiger partial charge is 0.257 e. The Morgan fingerprint density at radius 3 is 2.65 bits per heavy atom. The molecule has 3 aromatic rings. The fourth-order valence-corrected chi connectivity index (χ4v) is 2.64. The first-order valence-electron chi connectivity index (χ1n) is 8.11. The molecular formula is C20H17ClFN3O. The summed E-state index contributed by atoms with van der Waals surface area (Å²) in [6.07, 6.45) is 3.63. The van der Waals surface area contributed by atoms with Crippen LogP contribution in [0.3, 0.4) is 0 Å². The predicted octanol–water partition coefficient (Wildman–Crippen LogP) is 4.78. The van der Waals surface area contributed by atoms with Gasteiger partial charge < -0.3 is 10.6 Å². The van der Waals surface area contributed by atoms with Gasteiger partial charge in [0, 0.05) is 18.9 Å². The second-order valence-corrected chi connectivity index (χ2v) is 6.07. The average Bonchev–Trinajstić information content (AvgIpc) is 2.65. The van der Waals surface area contributed by atoms with Crippen molar-refractivity contribution in [3.05, 3.63) is 89.0 Å². The molecule has 1 amide bonds. The number of carbonyl (C=O) groups is 1. The van der Waals surface area contributed by atoms with Crippen molar-refractivity contribution in [3.8, 4) is 0 Å². The minimum atomic E-state index is -0.302. The molecule has 132 valence electrons. The highest BCUT2D eigenvalue weighted by Crippen LogP contribution is 2.21. The van der Waals surface area contributed by atoms with Gasteiger partial charge in [0.25, 0.3) is 5.91 Å². The molecule has 1 aromatic heterocycles. The molecule has 0 radical (unpaired) electrons. The second kappa shape index (κ2) is 8.45. The van der Waals surface area contributed by atoms with Gasteiger partial charge >= 0.3 is 0 Å². The van der Waals surface area contributed by atoms with Crippen LogP contribution >= 0.6 is 11.6 Å². The largest absolute Gasteiger partial charge is 0.383 e. The van der Waals surface area contributed by atoms with E-state index in [1.54, 1.807) is 54.7 Å². The van der Waals surface area contributed by atoms with Crippen LogP contribution in [-0.2, 0) is 6.42 Å². The first-order chi connectivity index (χ1) is 12.6. The van der Waals surface area contributed by atoms with Crippen LogP contribution in [0.15, 0.2) is 67.0 Å². The number of pyridine rings is 1. The van der Waals surface area contributed by atoms with Crippen LogP contribution in [0.1, 0.15) is 15.9 Å². The Labute approximate surface area is 156 Å². The molecule has 2 N–H and O–H groups in total. The molecule has 0 atom stereocenters. The lowest BCUT2D eigenvalue weighted by Crippen LogP contribution is -2.13. The number of para-hydroxylation sites is 1. The third-order valence-corrected chi connectivity index (χ3v) is 4.13. The van der Waals surface area contributed by atoms with Crippen molar-refractivity contribution in [1.29, 1.82) is 0 Å². The topological polar surface area (TPSA) is 54.0 Å². The minimum absolute atomic E-state index is 0.222. The maximum atomic E-state index is 13.6. The van der Waals surface area contributed by atoms with Gasteiger partial charge in [-0.25, -0.2) is 4.39 Å². The monoisotopic (exact) mass is 369 g/mol. The number of carbonyl (C=O) groups excluding carboxylic acids is 1. The molecule has 1 heterocycles. The Hall–Kier alpha value is -2.92. The zero-order chi connectivity index (χ0) is 18.4. The van der Waals surface area contributed by atoms with Crippen LogP contribution in [0.25, 0.3) is 0 Å². The molecule has 2 aromatic carbocycles. The summed E-state index contributed by atoms with van der Waals surface area (Å²) in [6.45, 7) is 0.526. The Morgan fingerprint density at radius 1 is 1.08 bits per heavy atom. The fourth-order valence-electron chi connectivity index (χ4n) is 2.46. The summed E-state index contributed by atoms with van der Waals surface area (Å²) < 4.78 is 13.6. The molecule has 3 rings (SSSR count). The third kappa shape index (κ3) is 4.58. The highest BCUT2D eigenvalue weighted by molar-refractivity contribution is 6.33. The Kier molecular flexibility index (Phi) is 5.81. The molecule has 0 aliphatic rings. The number of benzene rings is 2. The van der Waals surface area contributed by atoms with Crippen molar-refractivity contribution in [3.63, 3.8) is 0 Å². The van der Waals surface area contributed by atoms with Gasteiger partial charge in [-0.15, -0.1) is 0 Å². The van der Waals surface area contributed by atoms with Gasteiger partial charge in [-0.2, -0.15) is 0 Å². The van der Waals surface area contributed by atoms with Crippen molar-refractivity contribution in [1.82, 2.24) is 4.98 Å². The number of rotatable bonds is 6. The molecule has 26 heavy (non-hydrogen) atoms. The number of hydrogen-bond acceptors (Lipinski definition) is 3. The van der Waals surface area contributed by atoms with E-state index < -0.39 is 0 Å². The molecule has 0 spiro atoms. The quantitative estimate of drug-likeness (QED) is 0.657. The number of aromatic nitrogens is 1. The summed E-state index contributed by atoms with van der Waals surface area (Å²) >= 11 is 6.05. The van der Waals surface area contributed by atoms with Crippen LogP contribution in [-0.4, -0.2) is 17.4 Å². The van der Waals surface area contributed by atoms with E-state index in [2.05, 4.69) is 15.6 Å². The first-order valence-corrected chi connectivity index (χ1v) is 8.49. The van der Waals surface area contributed by atoms with E-state index >= 15 is 0 Å². The lowest BCUT2D eigenvalue weighted by atomic mass is 10.1. The standard InChI is InChI=1S/C20H17ClFN3O/c21-17-6-2-4-8-19(17)25-20(26)15-11-16(13-23-12-15)24-10-9-14-5-1-3-7-18(14)22/h1-8,11-13,24H,9-10H2,(H,25,26). The van der Waals surface area contributed by atoms with Crippen LogP contribution in [0.4, 0.5) is 15.8 Å². The normalized spacial score (nSPS) is 10.4. The molecule has 0 aliphatic heterocycles. The number of nitrogens with zero attached hydrogens (tertiary/aromatic N) is 1. The SMILES string of the molecule is O=C(Nc1ccccc1Cl)c1cncc(NCCc2ccccc2F)c1. The summed E-state index contributed by atoms with van der Waals surface area (Å²) in [4.78, 5) is 16.5. The molecule has 0 bridgehead atoms. The second-order valence-electron chi connectivity index (χ2n) is 5.66. The Balaban J connectivity index is 1.62. The Morgan fingerprint density at radius 2 is 1.85 bits per heavy atom. The Bertz CT molecular complexity index is 917. The van der Waals surface area contributed by atoms with E-state index in [0.29, 0.717) is 40.5 Å². The highest BCUT2D eigenvalue weighted by Gasteiger charge is 2.09. The molecule has 4 nitrogen and oxygen atoms in total. The van der Waals surface area contributed by atoms with Crippen molar-refractivity contribution in [2.24, 2.45) is 0 Å². The molecule has 0 saturated heterocycles. The zero-order valence-electron chi connectivity index (χ0n) is 13.9. The summed E-state index contributed by atoms with van der Waals surface area (Å²) in [7, 11) is 0. The molecule has 0 aliphatic carbocycles. The molecule has 6 heteroatoms.